The molecule has 0 saturated heterocycles. The molecule has 0 amide bonds. The lowest BCUT2D eigenvalue weighted by atomic mass is 9.86. The summed E-state index contributed by atoms with van der Waals surface area (Å²) in [5.74, 6) is 0.734. The monoisotopic (exact) mass is 295 g/mol. The third-order valence-corrected chi connectivity index (χ3v) is 3.85. The van der Waals surface area contributed by atoms with Crippen molar-refractivity contribution in [1.82, 2.24) is 4.98 Å². The van der Waals surface area contributed by atoms with E-state index in [-0.39, 0.29) is 10.6 Å². The van der Waals surface area contributed by atoms with E-state index in [4.69, 9.17) is 16.3 Å². The van der Waals surface area contributed by atoms with Crippen LogP contribution in [-0.4, -0.2) is 11.3 Å². The summed E-state index contributed by atoms with van der Waals surface area (Å²) in [4.78, 5) is 15.2. The van der Waals surface area contributed by atoms with Gasteiger partial charge in [0, 0.05) is 5.56 Å². The Morgan fingerprint density at radius 1 is 1.32 bits per heavy atom. The lowest BCUT2D eigenvalue weighted by molar-refractivity contribution is 0.112. The van der Waals surface area contributed by atoms with Crippen LogP contribution in [0.25, 0.3) is 0 Å². The summed E-state index contributed by atoms with van der Waals surface area (Å²) in [5.41, 5.74) is 1.04. The summed E-state index contributed by atoms with van der Waals surface area (Å²) in [6.07, 6.45) is 0.683. The number of aldehydes is 1. The number of hydrogen-bond donors (Lipinski definition) is 0. The van der Waals surface area contributed by atoms with E-state index in [9.17, 15) is 4.79 Å². The number of halogens is 1. The van der Waals surface area contributed by atoms with Crippen LogP contribution in [0.15, 0.2) is 24.3 Å². The normalized spacial score (nSPS) is 11.4. The highest BCUT2D eigenvalue weighted by atomic mass is 35.5. The largest absolute Gasteiger partial charge is 0.431 e. The molecule has 0 unspecified atom stereocenters. The van der Waals surface area contributed by atoms with Crippen molar-refractivity contribution in [3.8, 4) is 10.9 Å². The first-order chi connectivity index (χ1) is 8.91. The smallest absolute Gasteiger partial charge is 0.280 e. The molecule has 2 aromatic rings. The minimum atomic E-state index is -0.0366. The predicted octanol–water partition coefficient (Wildman–Crippen LogP) is 4.70. The number of aromatic nitrogens is 1. The molecular weight excluding hydrogens is 282 g/mol. The van der Waals surface area contributed by atoms with Crippen LogP contribution in [0.4, 0.5) is 0 Å². The summed E-state index contributed by atoms with van der Waals surface area (Å²) in [7, 11) is 0. The fourth-order valence-electron chi connectivity index (χ4n) is 1.68. The van der Waals surface area contributed by atoms with Crippen LogP contribution < -0.4 is 4.74 Å². The van der Waals surface area contributed by atoms with Gasteiger partial charge in [-0.3, -0.25) is 4.79 Å². The number of rotatable bonds is 3. The van der Waals surface area contributed by atoms with Gasteiger partial charge in [-0.05, 0) is 11.5 Å². The Morgan fingerprint density at radius 2 is 2.00 bits per heavy atom. The van der Waals surface area contributed by atoms with Gasteiger partial charge in [0.1, 0.15) is 10.6 Å². The fourth-order valence-corrected chi connectivity index (χ4v) is 2.60. The predicted molar refractivity (Wildman–Crippen MR) is 77.7 cm³/mol. The SMILES string of the molecule is CC(C)(C)c1ccccc1Oc1nc(Cl)c(C=O)s1. The van der Waals surface area contributed by atoms with E-state index in [1.54, 1.807) is 0 Å². The minimum absolute atomic E-state index is 0.0366. The van der Waals surface area contributed by atoms with Gasteiger partial charge in [0.2, 0.25) is 0 Å². The quantitative estimate of drug-likeness (QED) is 0.771. The van der Waals surface area contributed by atoms with Gasteiger partial charge in [-0.2, -0.15) is 4.98 Å². The molecule has 3 nitrogen and oxygen atoms in total. The Hall–Kier alpha value is -1.39. The second kappa shape index (κ2) is 5.31. The average Bonchev–Trinajstić information content (AvgIpc) is 2.69. The van der Waals surface area contributed by atoms with Crippen molar-refractivity contribution in [1.29, 1.82) is 0 Å². The summed E-state index contributed by atoms with van der Waals surface area (Å²) < 4.78 is 5.76. The Kier molecular flexibility index (Phi) is 3.92. The zero-order chi connectivity index (χ0) is 14.0. The summed E-state index contributed by atoms with van der Waals surface area (Å²) in [6.45, 7) is 6.34. The highest BCUT2D eigenvalue weighted by molar-refractivity contribution is 7.15. The zero-order valence-corrected chi connectivity index (χ0v) is 12.5. The van der Waals surface area contributed by atoms with Gasteiger partial charge in [0.15, 0.2) is 11.4 Å². The van der Waals surface area contributed by atoms with Gasteiger partial charge >= 0.3 is 0 Å². The van der Waals surface area contributed by atoms with E-state index in [0.29, 0.717) is 16.4 Å². The maximum Gasteiger partial charge on any atom is 0.280 e. The Morgan fingerprint density at radius 3 is 2.58 bits per heavy atom. The number of thiazole rings is 1. The molecule has 0 bridgehead atoms. The van der Waals surface area contributed by atoms with Crippen LogP contribution in [0.3, 0.4) is 0 Å². The molecule has 1 heterocycles. The van der Waals surface area contributed by atoms with E-state index >= 15 is 0 Å². The van der Waals surface area contributed by atoms with E-state index < -0.39 is 0 Å². The molecule has 0 saturated carbocycles. The minimum Gasteiger partial charge on any atom is -0.431 e. The van der Waals surface area contributed by atoms with Gasteiger partial charge < -0.3 is 4.74 Å². The molecule has 0 N–H and O–H groups in total. The Balaban J connectivity index is 2.35. The second-order valence-corrected chi connectivity index (χ2v) is 6.45. The van der Waals surface area contributed by atoms with E-state index in [1.807, 2.05) is 24.3 Å². The topological polar surface area (TPSA) is 39.2 Å². The maximum absolute atomic E-state index is 10.7. The lowest BCUT2D eigenvalue weighted by Crippen LogP contribution is -2.12. The molecule has 100 valence electrons. The van der Waals surface area contributed by atoms with Gasteiger partial charge in [0.25, 0.3) is 5.19 Å². The molecule has 0 spiro atoms. The van der Waals surface area contributed by atoms with Crippen molar-refractivity contribution in [2.75, 3.05) is 0 Å². The summed E-state index contributed by atoms with van der Waals surface area (Å²) in [5, 5.41) is 0.562. The number of carbonyl (C=O) groups excluding carboxylic acids is 1. The molecule has 2 rings (SSSR count). The lowest BCUT2D eigenvalue weighted by Gasteiger charge is -2.21. The second-order valence-electron chi connectivity index (χ2n) is 5.10. The molecule has 0 aliphatic heterocycles. The van der Waals surface area contributed by atoms with E-state index in [2.05, 4.69) is 25.8 Å². The molecular formula is C14H14ClNO2S. The van der Waals surface area contributed by atoms with Crippen LogP contribution in [0, 0.1) is 0 Å². The van der Waals surface area contributed by atoms with Crippen molar-refractivity contribution in [3.63, 3.8) is 0 Å². The van der Waals surface area contributed by atoms with E-state index in [0.717, 1.165) is 22.6 Å². The molecule has 1 aromatic carbocycles. The fraction of sp³-hybridized carbons (Fsp3) is 0.286. The third-order valence-electron chi connectivity index (χ3n) is 2.59. The van der Waals surface area contributed by atoms with Crippen LogP contribution >= 0.6 is 22.9 Å². The van der Waals surface area contributed by atoms with Crippen LogP contribution in [0.2, 0.25) is 5.15 Å². The molecule has 5 heteroatoms. The highest BCUT2D eigenvalue weighted by Crippen LogP contribution is 2.36. The van der Waals surface area contributed by atoms with Gasteiger partial charge in [0.05, 0.1) is 0 Å². The number of nitrogens with zero attached hydrogens (tertiary/aromatic N) is 1. The number of benzene rings is 1. The standard InChI is InChI=1S/C14H14ClNO2S/c1-14(2,3)9-6-4-5-7-10(9)18-13-16-12(15)11(8-17)19-13/h4-8H,1-3H3. The van der Waals surface area contributed by atoms with Gasteiger partial charge in [-0.15, -0.1) is 0 Å². The Bertz CT molecular complexity index is 602. The Labute approximate surface area is 121 Å². The first kappa shape index (κ1) is 14.0. The van der Waals surface area contributed by atoms with Gasteiger partial charge in [-0.25, -0.2) is 0 Å². The number of ether oxygens (including phenoxy) is 1. The summed E-state index contributed by atoms with van der Waals surface area (Å²) in [6, 6.07) is 7.78. The third kappa shape index (κ3) is 3.14. The van der Waals surface area contributed by atoms with Crippen LogP contribution in [0.1, 0.15) is 36.0 Å². The van der Waals surface area contributed by atoms with Crippen molar-refractivity contribution in [3.05, 3.63) is 39.9 Å². The highest BCUT2D eigenvalue weighted by Gasteiger charge is 2.20. The van der Waals surface area contributed by atoms with Crippen LogP contribution in [-0.2, 0) is 5.41 Å². The molecule has 0 aliphatic carbocycles. The molecule has 0 fully saturated rings. The zero-order valence-electron chi connectivity index (χ0n) is 10.9. The molecule has 0 atom stereocenters. The molecule has 0 aliphatic rings. The molecule has 0 radical (unpaired) electrons. The van der Waals surface area contributed by atoms with Gasteiger partial charge in [-0.1, -0.05) is 61.9 Å². The number of carbonyl (C=O) groups is 1. The first-order valence-corrected chi connectivity index (χ1v) is 7.00. The number of para-hydroxylation sites is 1. The first-order valence-electron chi connectivity index (χ1n) is 5.80. The van der Waals surface area contributed by atoms with Crippen molar-refractivity contribution in [2.24, 2.45) is 0 Å². The van der Waals surface area contributed by atoms with Crippen LogP contribution in [0.5, 0.6) is 10.9 Å². The summed E-state index contributed by atoms with van der Waals surface area (Å²) >= 11 is 6.97. The molecule has 1 aromatic heterocycles. The van der Waals surface area contributed by atoms with E-state index in [1.165, 1.54) is 0 Å². The number of hydrogen-bond acceptors (Lipinski definition) is 4. The van der Waals surface area contributed by atoms with Crippen molar-refractivity contribution < 1.29 is 9.53 Å². The average molecular weight is 296 g/mol. The van der Waals surface area contributed by atoms with Crippen molar-refractivity contribution in [2.45, 2.75) is 26.2 Å². The molecule has 19 heavy (non-hydrogen) atoms. The maximum atomic E-state index is 10.7. The van der Waals surface area contributed by atoms with Crippen molar-refractivity contribution >= 4 is 29.2 Å².